The number of aromatic nitrogens is 3. The van der Waals surface area contributed by atoms with Crippen LogP contribution >= 0.6 is 0 Å². The van der Waals surface area contributed by atoms with E-state index in [2.05, 4.69) is 49.4 Å². The summed E-state index contributed by atoms with van der Waals surface area (Å²) in [5.41, 5.74) is 1.96. The van der Waals surface area contributed by atoms with Gasteiger partial charge < -0.3 is 10.1 Å². The number of anilines is 1. The van der Waals surface area contributed by atoms with E-state index >= 15 is 0 Å². The number of nitrogens with zero attached hydrogens (tertiary/aromatic N) is 4. The number of morpholine rings is 1. The summed E-state index contributed by atoms with van der Waals surface area (Å²) < 4.78 is 5.45. The molecule has 1 aromatic carbocycles. The first-order chi connectivity index (χ1) is 13.8. The topological polar surface area (TPSA) is 63.2 Å². The average molecular weight is 375 g/mol. The highest BCUT2D eigenvalue weighted by Gasteiger charge is 2.33. The summed E-state index contributed by atoms with van der Waals surface area (Å²) in [6.45, 7) is 4.94. The highest BCUT2D eigenvalue weighted by atomic mass is 16.5. The first kappa shape index (κ1) is 17.5. The molecule has 2 aliphatic rings. The molecule has 144 valence electrons. The van der Waals surface area contributed by atoms with Gasteiger partial charge in [0.05, 0.1) is 25.1 Å². The van der Waals surface area contributed by atoms with E-state index in [9.17, 15) is 0 Å². The molecule has 0 amide bonds. The molecular weight excluding hydrogens is 350 g/mol. The molecule has 3 aromatic rings. The molecule has 1 saturated carbocycles. The Hall–Kier alpha value is -2.57. The van der Waals surface area contributed by atoms with Crippen LogP contribution in [0.25, 0.3) is 22.0 Å². The van der Waals surface area contributed by atoms with Gasteiger partial charge in [0.1, 0.15) is 5.82 Å². The predicted octanol–water partition coefficient (Wildman–Crippen LogP) is 3.21. The third-order valence-electron chi connectivity index (χ3n) is 5.93. The van der Waals surface area contributed by atoms with Crippen LogP contribution < -0.4 is 5.32 Å². The van der Waals surface area contributed by atoms with E-state index in [-0.39, 0.29) is 0 Å². The Morgan fingerprint density at radius 1 is 1.00 bits per heavy atom. The Morgan fingerprint density at radius 3 is 2.71 bits per heavy atom. The molecule has 1 saturated heterocycles. The number of pyridine rings is 1. The zero-order chi connectivity index (χ0) is 18.8. The zero-order valence-electron chi connectivity index (χ0n) is 15.9. The summed E-state index contributed by atoms with van der Waals surface area (Å²) in [7, 11) is 0. The second-order valence-electron chi connectivity index (χ2n) is 7.74. The lowest BCUT2D eigenvalue weighted by Gasteiger charge is -2.44. The van der Waals surface area contributed by atoms with Gasteiger partial charge in [-0.1, -0.05) is 12.1 Å². The molecule has 5 rings (SSSR count). The number of hydrogen-bond donors (Lipinski definition) is 1. The highest BCUT2D eigenvalue weighted by molar-refractivity contribution is 5.87. The van der Waals surface area contributed by atoms with E-state index in [1.54, 1.807) is 18.6 Å². The van der Waals surface area contributed by atoms with Gasteiger partial charge in [0.25, 0.3) is 0 Å². The Balaban J connectivity index is 1.22. The molecule has 2 aromatic heterocycles. The molecule has 1 aliphatic carbocycles. The average Bonchev–Trinajstić information content (AvgIpc) is 2.73. The van der Waals surface area contributed by atoms with Gasteiger partial charge in [-0.2, -0.15) is 0 Å². The summed E-state index contributed by atoms with van der Waals surface area (Å²) in [5, 5.41) is 5.84. The quantitative estimate of drug-likeness (QED) is 0.739. The van der Waals surface area contributed by atoms with Gasteiger partial charge in [-0.15, -0.1) is 0 Å². The van der Waals surface area contributed by atoms with Crippen molar-refractivity contribution < 1.29 is 4.74 Å². The van der Waals surface area contributed by atoms with Crippen LogP contribution in [0.4, 0.5) is 5.82 Å². The number of hydrogen-bond acceptors (Lipinski definition) is 6. The number of fused-ring (bicyclic) bond motifs is 1. The molecule has 28 heavy (non-hydrogen) atoms. The molecule has 1 N–H and O–H groups in total. The van der Waals surface area contributed by atoms with Crippen LogP contribution in [-0.2, 0) is 4.74 Å². The molecule has 6 nitrogen and oxygen atoms in total. The van der Waals surface area contributed by atoms with Gasteiger partial charge in [-0.25, -0.2) is 4.98 Å². The van der Waals surface area contributed by atoms with Crippen molar-refractivity contribution in [1.29, 1.82) is 0 Å². The van der Waals surface area contributed by atoms with Crippen molar-refractivity contribution in [1.82, 2.24) is 19.9 Å². The monoisotopic (exact) mass is 375 g/mol. The normalized spacial score (nSPS) is 22.7. The van der Waals surface area contributed by atoms with Gasteiger partial charge >= 0.3 is 0 Å². The number of nitrogens with one attached hydrogen (secondary N) is 1. The van der Waals surface area contributed by atoms with E-state index in [1.165, 1.54) is 18.2 Å². The third-order valence-corrected chi connectivity index (χ3v) is 5.93. The minimum Gasteiger partial charge on any atom is -0.379 e. The van der Waals surface area contributed by atoms with E-state index in [4.69, 9.17) is 4.74 Å². The maximum absolute atomic E-state index is 5.45. The highest BCUT2D eigenvalue weighted by Crippen LogP contribution is 2.32. The van der Waals surface area contributed by atoms with Crippen LogP contribution in [0.15, 0.2) is 49.1 Å². The van der Waals surface area contributed by atoms with Crippen molar-refractivity contribution >= 4 is 16.6 Å². The smallest absolute Gasteiger partial charge is 0.126 e. The molecule has 2 fully saturated rings. The lowest BCUT2D eigenvalue weighted by molar-refractivity contribution is -0.0151. The maximum Gasteiger partial charge on any atom is 0.126 e. The number of ether oxygens (including phenoxy) is 1. The summed E-state index contributed by atoms with van der Waals surface area (Å²) in [6, 6.07) is 9.20. The van der Waals surface area contributed by atoms with Crippen molar-refractivity contribution in [2.45, 2.75) is 18.9 Å². The van der Waals surface area contributed by atoms with E-state index in [1.807, 2.05) is 6.20 Å². The second-order valence-corrected chi connectivity index (χ2v) is 7.74. The summed E-state index contributed by atoms with van der Waals surface area (Å²) in [6.07, 6.45) is 9.70. The van der Waals surface area contributed by atoms with Crippen LogP contribution in [-0.4, -0.2) is 58.7 Å². The van der Waals surface area contributed by atoms with Gasteiger partial charge in [0.2, 0.25) is 0 Å². The Labute approximate surface area is 165 Å². The lowest BCUT2D eigenvalue weighted by atomic mass is 9.79. The fourth-order valence-corrected chi connectivity index (χ4v) is 4.20. The van der Waals surface area contributed by atoms with E-state index < -0.39 is 0 Å². The van der Waals surface area contributed by atoms with Crippen LogP contribution in [0.5, 0.6) is 0 Å². The Kier molecular flexibility index (Phi) is 4.89. The molecular formula is C22H25N5O. The minimum absolute atomic E-state index is 0.733. The molecule has 0 unspecified atom stereocenters. The van der Waals surface area contributed by atoms with Crippen LogP contribution in [0.2, 0.25) is 0 Å². The van der Waals surface area contributed by atoms with Crippen molar-refractivity contribution in [3.63, 3.8) is 0 Å². The minimum atomic E-state index is 0.733. The van der Waals surface area contributed by atoms with E-state index in [0.717, 1.165) is 67.3 Å². The first-order valence-corrected chi connectivity index (χ1v) is 10.1. The first-order valence-electron chi connectivity index (χ1n) is 10.1. The molecule has 0 bridgehead atoms. The largest absolute Gasteiger partial charge is 0.379 e. The van der Waals surface area contributed by atoms with Crippen molar-refractivity contribution in [3.05, 3.63) is 49.1 Å². The molecule has 0 spiro atoms. The Morgan fingerprint density at radius 2 is 1.89 bits per heavy atom. The van der Waals surface area contributed by atoms with Gasteiger partial charge in [-0.3, -0.25) is 14.9 Å². The van der Waals surface area contributed by atoms with Crippen LogP contribution in [0, 0.1) is 5.92 Å². The molecule has 0 radical (unpaired) electrons. The predicted molar refractivity (Wildman–Crippen MR) is 110 cm³/mol. The molecule has 3 heterocycles. The molecule has 1 aliphatic heterocycles. The standard InChI is InChI=1S/C22H25N5O/c1-2-18-14-26-22(12-19(18)11-17(1)21-15-23-3-4-24-21)25-13-16-9-20(10-16)27-5-7-28-8-6-27/h1-4,11-12,14-16,20H,5-10,13H2,(H,25,26). The van der Waals surface area contributed by atoms with Crippen LogP contribution in [0.1, 0.15) is 12.8 Å². The maximum atomic E-state index is 5.45. The number of benzene rings is 1. The van der Waals surface area contributed by atoms with Gasteiger partial charge in [0.15, 0.2) is 0 Å². The van der Waals surface area contributed by atoms with Gasteiger partial charge in [0, 0.05) is 55.2 Å². The second kappa shape index (κ2) is 7.81. The molecule has 0 atom stereocenters. The fourth-order valence-electron chi connectivity index (χ4n) is 4.20. The third kappa shape index (κ3) is 3.70. The Bertz CT molecular complexity index is 936. The van der Waals surface area contributed by atoms with Crippen molar-refractivity contribution in [2.75, 3.05) is 38.2 Å². The van der Waals surface area contributed by atoms with Crippen molar-refractivity contribution in [3.8, 4) is 11.3 Å². The van der Waals surface area contributed by atoms with Crippen molar-refractivity contribution in [2.24, 2.45) is 5.92 Å². The fraction of sp³-hybridized carbons (Fsp3) is 0.409. The van der Waals surface area contributed by atoms with Crippen LogP contribution in [0.3, 0.4) is 0 Å². The summed E-state index contributed by atoms with van der Waals surface area (Å²) in [5.74, 6) is 1.68. The molecule has 6 heteroatoms. The summed E-state index contributed by atoms with van der Waals surface area (Å²) in [4.78, 5) is 15.7. The van der Waals surface area contributed by atoms with E-state index in [0.29, 0.717) is 0 Å². The lowest BCUT2D eigenvalue weighted by Crippen LogP contribution is -2.50. The SMILES string of the molecule is c1cnc(-c2ccc3cnc(NCC4CC(N5CCOCC5)C4)cc3c2)cn1. The zero-order valence-corrected chi connectivity index (χ0v) is 15.9. The van der Waals surface area contributed by atoms with Gasteiger partial charge in [-0.05, 0) is 36.3 Å². The number of rotatable bonds is 5. The summed E-state index contributed by atoms with van der Waals surface area (Å²) >= 11 is 0.